The maximum absolute atomic E-state index is 13.3. The van der Waals surface area contributed by atoms with Crippen LogP contribution in [0.3, 0.4) is 0 Å². The second kappa shape index (κ2) is 8.81. The van der Waals surface area contributed by atoms with Gasteiger partial charge in [-0.25, -0.2) is 0 Å². The molecular weight excluding hydrogens is 384 g/mol. The molecule has 0 spiro atoms. The van der Waals surface area contributed by atoms with E-state index in [0.717, 1.165) is 24.2 Å². The molecule has 3 heterocycles. The summed E-state index contributed by atoms with van der Waals surface area (Å²) in [5.74, 6) is 1.54. The van der Waals surface area contributed by atoms with E-state index in [0.29, 0.717) is 45.0 Å². The number of hydrogen-bond donors (Lipinski definition) is 0. The summed E-state index contributed by atoms with van der Waals surface area (Å²) < 4.78 is 16.7. The molecule has 2 amide bonds. The number of furan rings is 1. The molecule has 2 aliphatic heterocycles. The van der Waals surface area contributed by atoms with Crippen molar-refractivity contribution in [3.8, 4) is 11.5 Å². The number of rotatable bonds is 6. The molecule has 1 saturated heterocycles. The second-order valence-corrected chi connectivity index (χ2v) is 7.58. The van der Waals surface area contributed by atoms with Gasteiger partial charge in [-0.05, 0) is 68.5 Å². The quantitative estimate of drug-likeness (QED) is 0.728. The SMILES string of the molecule is CCOc1cc2c(cc1OCC)CN(C(=O)C1CCCN1C(=O)c1ccco1)CC2. The minimum atomic E-state index is -0.432. The number of carbonyl (C=O) groups excluding carboxylic acids is 2. The van der Waals surface area contributed by atoms with Gasteiger partial charge in [0.25, 0.3) is 5.91 Å². The van der Waals surface area contributed by atoms with Gasteiger partial charge in [0, 0.05) is 19.6 Å². The predicted octanol–water partition coefficient (Wildman–Crippen LogP) is 3.27. The summed E-state index contributed by atoms with van der Waals surface area (Å²) in [5, 5.41) is 0. The number of nitrogens with zero attached hydrogens (tertiary/aromatic N) is 2. The summed E-state index contributed by atoms with van der Waals surface area (Å²) in [7, 11) is 0. The van der Waals surface area contributed by atoms with Gasteiger partial charge in [-0.2, -0.15) is 0 Å². The molecule has 2 aromatic rings. The fourth-order valence-electron chi connectivity index (χ4n) is 4.31. The van der Waals surface area contributed by atoms with Crippen LogP contribution >= 0.6 is 0 Å². The third-order valence-electron chi connectivity index (χ3n) is 5.72. The van der Waals surface area contributed by atoms with Crippen LogP contribution < -0.4 is 9.47 Å². The van der Waals surface area contributed by atoms with Gasteiger partial charge >= 0.3 is 0 Å². The van der Waals surface area contributed by atoms with E-state index in [2.05, 4.69) is 0 Å². The molecule has 0 radical (unpaired) electrons. The highest BCUT2D eigenvalue weighted by molar-refractivity contribution is 5.96. The lowest BCUT2D eigenvalue weighted by Gasteiger charge is -2.34. The first-order valence-electron chi connectivity index (χ1n) is 10.7. The third-order valence-corrected chi connectivity index (χ3v) is 5.72. The molecular formula is C23H28N2O5. The fourth-order valence-corrected chi connectivity index (χ4v) is 4.31. The first kappa shape index (κ1) is 20.3. The number of ether oxygens (including phenoxy) is 2. The normalized spacial score (nSPS) is 18.3. The monoisotopic (exact) mass is 412 g/mol. The van der Waals surface area contributed by atoms with E-state index in [9.17, 15) is 9.59 Å². The van der Waals surface area contributed by atoms with E-state index in [4.69, 9.17) is 13.9 Å². The van der Waals surface area contributed by atoms with Crippen LogP contribution in [0.5, 0.6) is 11.5 Å². The molecule has 2 aliphatic rings. The Bertz CT molecular complexity index is 909. The number of benzene rings is 1. The van der Waals surface area contributed by atoms with Gasteiger partial charge in [0.2, 0.25) is 5.91 Å². The second-order valence-electron chi connectivity index (χ2n) is 7.58. The summed E-state index contributed by atoms with van der Waals surface area (Å²) in [6.07, 6.45) is 3.74. The van der Waals surface area contributed by atoms with Crippen molar-refractivity contribution in [2.24, 2.45) is 0 Å². The van der Waals surface area contributed by atoms with Gasteiger partial charge in [0.15, 0.2) is 17.3 Å². The zero-order valence-electron chi connectivity index (χ0n) is 17.6. The van der Waals surface area contributed by atoms with Crippen molar-refractivity contribution in [3.63, 3.8) is 0 Å². The molecule has 7 heteroatoms. The lowest BCUT2D eigenvalue weighted by molar-refractivity contribution is -0.136. The average molecular weight is 412 g/mol. The van der Waals surface area contributed by atoms with Crippen molar-refractivity contribution in [2.45, 2.75) is 45.7 Å². The Hall–Kier alpha value is -2.96. The standard InChI is InChI=1S/C23H28N2O5/c1-3-28-20-13-16-9-11-24(15-17(16)14-21(20)29-4-2)22(26)18-7-5-10-25(18)23(27)19-8-6-12-30-19/h6,8,12-14,18H,3-5,7,9-11,15H2,1-2H3. The fraction of sp³-hybridized carbons (Fsp3) is 0.478. The topological polar surface area (TPSA) is 72.2 Å². The van der Waals surface area contributed by atoms with Crippen molar-refractivity contribution >= 4 is 11.8 Å². The Balaban J connectivity index is 1.51. The molecule has 0 bridgehead atoms. The van der Waals surface area contributed by atoms with Crippen LogP contribution in [0.4, 0.5) is 0 Å². The van der Waals surface area contributed by atoms with Crippen molar-refractivity contribution in [1.29, 1.82) is 0 Å². The van der Waals surface area contributed by atoms with Crippen LogP contribution in [0.2, 0.25) is 0 Å². The minimum Gasteiger partial charge on any atom is -0.490 e. The van der Waals surface area contributed by atoms with Gasteiger partial charge in [0.1, 0.15) is 6.04 Å². The summed E-state index contributed by atoms with van der Waals surface area (Å²) in [5.41, 5.74) is 2.25. The lowest BCUT2D eigenvalue weighted by Crippen LogP contribution is -2.49. The maximum Gasteiger partial charge on any atom is 0.290 e. The Kier molecular flexibility index (Phi) is 5.97. The van der Waals surface area contributed by atoms with Crippen LogP contribution in [0, 0.1) is 0 Å². The van der Waals surface area contributed by atoms with Gasteiger partial charge in [-0.15, -0.1) is 0 Å². The molecule has 1 fully saturated rings. The molecule has 0 saturated carbocycles. The van der Waals surface area contributed by atoms with Gasteiger partial charge < -0.3 is 23.7 Å². The Morgan fingerprint density at radius 1 is 1.10 bits per heavy atom. The van der Waals surface area contributed by atoms with E-state index in [1.807, 2.05) is 30.9 Å². The molecule has 1 atom stereocenters. The molecule has 1 aromatic heterocycles. The minimum absolute atomic E-state index is 0.00454. The first-order chi connectivity index (χ1) is 14.6. The lowest BCUT2D eigenvalue weighted by atomic mass is 9.98. The van der Waals surface area contributed by atoms with Crippen molar-refractivity contribution < 1.29 is 23.5 Å². The largest absolute Gasteiger partial charge is 0.490 e. The van der Waals surface area contributed by atoms with Gasteiger partial charge in [-0.3, -0.25) is 9.59 Å². The summed E-state index contributed by atoms with van der Waals surface area (Å²) >= 11 is 0. The average Bonchev–Trinajstić information content (AvgIpc) is 3.45. The number of hydrogen-bond acceptors (Lipinski definition) is 5. The van der Waals surface area contributed by atoms with Gasteiger partial charge in [-0.1, -0.05) is 0 Å². The highest BCUT2D eigenvalue weighted by Crippen LogP contribution is 2.34. The highest BCUT2D eigenvalue weighted by atomic mass is 16.5. The zero-order chi connectivity index (χ0) is 21.1. The molecule has 30 heavy (non-hydrogen) atoms. The summed E-state index contributed by atoms with van der Waals surface area (Å²) in [6.45, 7) is 6.73. The molecule has 7 nitrogen and oxygen atoms in total. The molecule has 0 N–H and O–H groups in total. The van der Waals surface area contributed by atoms with Crippen LogP contribution in [-0.2, 0) is 17.8 Å². The molecule has 160 valence electrons. The Morgan fingerprint density at radius 2 is 1.83 bits per heavy atom. The van der Waals surface area contributed by atoms with E-state index in [1.165, 1.54) is 11.8 Å². The zero-order valence-corrected chi connectivity index (χ0v) is 17.6. The van der Waals surface area contributed by atoms with Crippen molar-refractivity contribution in [2.75, 3.05) is 26.3 Å². The third kappa shape index (κ3) is 3.88. The number of fused-ring (bicyclic) bond motifs is 1. The van der Waals surface area contributed by atoms with Crippen LogP contribution in [0.25, 0.3) is 0 Å². The number of likely N-dealkylation sites (tertiary alicyclic amines) is 1. The Labute approximate surface area is 176 Å². The van der Waals surface area contributed by atoms with Crippen molar-refractivity contribution in [1.82, 2.24) is 9.80 Å². The summed E-state index contributed by atoms with van der Waals surface area (Å²) in [6, 6.07) is 6.93. The number of amides is 2. The highest BCUT2D eigenvalue weighted by Gasteiger charge is 2.38. The summed E-state index contributed by atoms with van der Waals surface area (Å²) in [4.78, 5) is 29.6. The number of carbonyl (C=O) groups is 2. The van der Waals surface area contributed by atoms with E-state index < -0.39 is 6.04 Å². The Morgan fingerprint density at radius 3 is 2.50 bits per heavy atom. The molecule has 4 rings (SSSR count). The smallest absolute Gasteiger partial charge is 0.290 e. The van der Waals surface area contributed by atoms with Crippen LogP contribution in [-0.4, -0.2) is 54.0 Å². The van der Waals surface area contributed by atoms with E-state index in [1.54, 1.807) is 17.0 Å². The first-order valence-corrected chi connectivity index (χ1v) is 10.7. The van der Waals surface area contributed by atoms with E-state index in [-0.39, 0.29) is 17.6 Å². The predicted molar refractivity (Wildman–Crippen MR) is 111 cm³/mol. The van der Waals surface area contributed by atoms with Crippen LogP contribution in [0.1, 0.15) is 48.4 Å². The molecule has 1 aromatic carbocycles. The van der Waals surface area contributed by atoms with E-state index >= 15 is 0 Å². The van der Waals surface area contributed by atoms with Crippen LogP contribution in [0.15, 0.2) is 34.9 Å². The van der Waals surface area contributed by atoms with Crippen molar-refractivity contribution in [3.05, 3.63) is 47.4 Å². The molecule has 0 aliphatic carbocycles. The maximum atomic E-state index is 13.3. The molecule has 1 unspecified atom stereocenters. The van der Waals surface area contributed by atoms with Gasteiger partial charge in [0.05, 0.1) is 19.5 Å².